The van der Waals surface area contributed by atoms with Gasteiger partial charge in [-0.2, -0.15) is 0 Å². The second kappa shape index (κ2) is 15.5. The predicted octanol–water partition coefficient (Wildman–Crippen LogP) is 5.83. The number of carboxylic acid groups (broad SMARTS) is 2. The van der Waals surface area contributed by atoms with Gasteiger partial charge in [0.2, 0.25) is 0 Å². The van der Waals surface area contributed by atoms with Crippen LogP contribution in [0.3, 0.4) is 0 Å². The Morgan fingerprint density at radius 1 is 1.00 bits per heavy atom. The number of halogens is 3. The molecule has 3 rings (SSSR count). The molecule has 7 nitrogen and oxygen atoms in total. The number of rotatable bonds is 9. The van der Waals surface area contributed by atoms with Gasteiger partial charge in [-0.1, -0.05) is 46.6 Å². The summed E-state index contributed by atoms with van der Waals surface area (Å²) in [5.41, 5.74) is 1.24. The Bertz CT molecular complexity index is 1050. The maximum Gasteiger partial charge on any atom is 0.328 e. The number of methoxy groups -OCH3 is 1. The van der Waals surface area contributed by atoms with E-state index in [0.717, 1.165) is 49.2 Å². The molecule has 0 saturated carbocycles. The van der Waals surface area contributed by atoms with E-state index in [9.17, 15) is 9.59 Å². The molecule has 11 heteroatoms. The second-order valence-electron chi connectivity index (χ2n) is 7.92. The maximum absolute atomic E-state index is 9.55. The topological polar surface area (TPSA) is 90.3 Å². The third-order valence-electron chi connectivity index (χ3n) is 5.48. The van der Waals surface area contributed by atoms with Crippen LogP contribution in [0, 0.1) is 0 Å². The van der Waals surface area contributed by atoms with E-state index in [-0.39, 0.29) is 6.04 Å². The third-order valence-corrected chi connectivity index (χ3v) is 7.53. The standard InChI is InChI=1S/C21H25Cl3N2OS.C4H4O4/c1-15(26-9-7-25(8-10-26)11-12-27-2)18-13-16(22)3-6-21(18)28-17-4-5-19(23)20(24)14-17;5-3(6)1-2-4(7)8/h3-6,13-15H,7-12H2,1-2H3;1-2H,(H,5,6)(H,7,8)/b;2-1-. The monoisotopic (exact) mass is 574 g/mol. The highest BCUT2D eigenvalue weighted by atomic mass is 35.5. The Kier molecular flexibility index (Phi) is 13.1. The fourth-order valence-electron chi connectivity index (χ4n) is 3.54. The molecule has 1 saturated heterocycles. The Hall–Kier alpha value is -1.78. The van der Waals surface area contributed by atoms with Gasteiger partial charge in [0.25, 0.3) is 0 Å². The molecule has 0 amide bonds. The molecular formula is C25H29Cl3N2O5S. The minimum Gasteiger partial charge on any atom is -0.478 e. The smallest absolute Gasteiger partial charge is 0.328 e. The van der Waals surface area contributed by atoms with E-state index in [1.807, 2.05) is 24.3 Å². The molecule has 0 aliphatic carbocycles. The highest BCUT2D eigenvalue weighted by molar-refractivity contribution is 7.99. The predicted molar refractivity (Wildman–Crippen MR) is 145 cm³/mol. The summed E-state index contributed by atoms with van der Waals surface area (Å²) in [6, 6.07) is 12.2. The summed E-state index contributed by atoms with van der Waals surface area (Å²) >= 11 is 20.3. The Morgan fingerprint density at radius 2 is 1.64 bits per heavy atom. The first-order chi connectivity index (χ1) is 17.1. The van der Waals surface area contributed by atoms with Gasteiger partial charge < -0.3 is 14.9 Å². The molecule has 0 aromatic heterocycles. The molecule has 2 aromatic rings. The minimum absolute atomic E-state index is 0.286. The SMILES string of the molecule is COCCN1CCN(C(C)c2cc(Cl)ccc2Sc2ccc(Cl)c(Cl)c2)CC1.O=C(O)/C=C\C(=O)O. The molecule has 1 aliphatic rings. The maximum atomic E-state index is 9.55. The average Bonchev–Trinajstić information content (AvgIpc) is 2.85. The highest BCUT2D eigenvalue weighted by Crippen LogP contribution is 2.38. The molecule has 0 spiro atoms. The minimum atomic E-state index is -1.26. The zero-order valence-corrected chi connectivity index (χ0v) is 23.1. The highest BCUT2D eigenvalue weighted by Gasteiger charge is 2.24. The molecule has 2 N–H and O–H groups in total. The van der Waals surface area contributed by atoms with Crippen molar-refractivity contribution in [2.45, 2.75) is 22.8 Å². The lowest BCUT2D eigenvalue weighted by Gasteiger charge is -2.38. The Balaban J connectivity index is 0.000000493. The zero-order chi connectivity index (χ0) is 26.7. The van der Waals surface area contributed by atoms with Gasteiger partial charge in [-0.25, -0.2) is 9.59 Å². The van der Waals surface area contributed by atoms with Crippen LogP contribution in [0.25, 0.3) is 0 Å². The Labute approximate surface area is 230 Å². The molecule has 0 bridgehead atoms. The number of benzene rings is 2. The molecule has 1 atom stereocenters. The van der Waals surface area contributed by atoms with Gasteiger partial charge in [0, 0.05) is 72.8 Å². The van der Waals surface area contributed by atoms with Crippen molar-refractivity contribution in [1.29, 1.82) is 0 Å². The molecule has 1 aliphatic heterocycles. The number of carbonyl (C=O) groups is 2. The van der Waals surface area contributed by atoms with Crippen molar-refractivity contribution >= 4 is 58.5 Å². The van der Waals surface area contributed by atoms with Gasteiger partial charge in [-0.3, -0.25) is 9.80 Å². The van der Waals surface area contributed by atoms with Gasteiger partial charge >= 0.3 is 11.9 Å². The average molecular weight is 576 g/mol. The summed E-state index contributed by atoms with van der Waals surface area (Å²) in [4.78, 5) is 26.3. The van der Waals surface area contributed by atoms with Crippen LogP contribution in [-0.2, 0) is 14.3 Å². The summed E-state index contributed by atoms with van der Waals surface area (Å²) in [5.74, 6) is -2.51. The fourth-order valence-corrected chi connectivity index (χ4v) is 5.13. The normalized spacial score (nSPS) is 15.4. The van der Waals surface area contributed by atoms with Crippen LogP contribution in [0.4, 0.5) is 0 Å². The molecule has 2 aromatic carbocycles. The molecule has 1 unspecified atom stereocenters. The van der Waals surface area contributed by atoms with E-state index >= 15 is 0 Å². The van der Waals surface area contributed by atoms with E-state index in [2.05, 4.69) is 28.9 Å². The van der Waals surface area contributed by atoms with Gasteiger partial charge in [0.05, 0.1) is 16.7 Å². The van der Waals surface area contributed by atoms with Crippen LogP contribution >= 0.6 is 46.6 Å². The number of aliphatic carboxylic acids is 2. The lowest BCUT2D eigenvalue weighted by Crippen LogP contribution is -2.47. The molecule has 36 heavy (non-hydrogen) atoms. The van der Waals surface area contributed by atoms with Gasteiger partial charge in [0.15, 0.2) is 0 Å². The van der Waals surface area contributed by atoms with Crippen molar-refractivity contribution in [3.8, 4) is 0 Å². The van der Waals surface area contributed by atoms with Crippen molar-refractivity contribution in [3.05, 3.63) is 69.2 Å². The van der Waals surface area contributed by atoms with Crippen molar-refractivity contribution in [2.24, 2.45) is 0 Å². The zero-order valence-electron chi connectivity index (χ0n) is 20.0. The van der Waals surface area contributed by atoms with Crippen molar-refractivity contribution < 1.29 is 24.5 Å². The van der Waals surface area contributed by atoms with Gasteiger partial charge in [-0.15, -0.1) is 0 Å². The van der Waals surface area contributed by atoms with Crippen molar-refractivity contribution in [2.75, 3.05) is 46.4 Å². The van der Waals surface area contributed by atoms with E-state index < -0.39 is 11.9 Å². The van der Waals surface area contributed by atoms with Crippen LogP contribution in [0.1, 0.15) is 18.5 Å². The first kappa shape index (κ1) is 30.4. The molecule has 196 valence electrons. The summed E-state index contributed by atoms with van der Waals surface area (Å²) in [7, 11) is 1.75. The van der Waals surface area contributed by atoms with Crippen LogP contribution in [-0.4, -0.2) is 78.4 Å². The molecule has 1 fully saturated rings. The number of carboxylic acids is 2. The first-order valence-corrected chi connectivity index (χ1v) is 13.1. The second-order valence-corrected chi connectivity index (χ2v) is 10.3. The molecule has 0 radical (unpaired) electrons. The number of hydrogen-bond donors (Lipinski definition) is 2. The Morgan fingerprint density at radius 3 is 2.19 bits per heavy atom. The van der Waals surface area contributed by atoms with Crippen LogP contribution in [0.15, 0.2) is 58.3 Å². The number of nitrogens with zero attached hydrogens (tertiary/aromatic N) is 2. The molecular weight excluding hydrogens is 547 g/mol. The lowest BCUT2D eigenvalue weighted by atomic mass is 10.1. The van der Waals surface area contributed by atoms with E-state index in [1.54, 1.807) is 18.9 Å². The van der Waals surface area contributed by atoms with Crippen LogP contribution < -0.4 is 0 Å². The summed E-state index contributed by atoms with van der Waals surface area (Å²) in [5, 5.41) is 17.5. The van der Waals surface area contributed by atoms with Gasteiger partial charge in [-0.05, 0) is 48.9 Å². The van der Waals surface area contributed by atoms with Crippen LogP contribution in [0.2, 0.25) is 15.1 Å². The van der Waals surface area contributed by atoms with Crippen molar-refractivity contribution in [3.63, 3.8) is 0 Å². The first-order valence-electron chi connectivity index (χ1n) is 11.1. The van der Waals surface area contributed by atoms with E-state index in [1.165, 1.54) is 10.5 Å². The summed E-state index contributed by atoms with van der Waals surface area (Å²) in [6.07, 6.45) is 1.12. The third kappa shape index (κ3) is 10.3. The van der Waals surface area contributed by atoms with E-state index in [0.29, 0.717) is 22.2 Å². The van der Waals surface area contributed by atoms with E-state index in [4.69, 9.17) is 49.8 Å². The fraction of sp³-hybridized carbons (Fsp3) is 0.360. The quantitative estimate of drug-likeness (QED) is 0.361. The number of hydrogen-bond acceptors (Lipinski definition) is 6. The van der Waals surface area contributed by atoms with Crippen LogP contribution in [0.5, 0.6) is 0 Å². The lowest BCUT2D eigenvalue weighted by molar-refractivity contribution is -0.134. The molecule has 1 heterocycles. The summed E-state index contributed by atoms with van der Waals surface area (Å²) < 4.78 is 5.20. The summed E-state index contributed by atoms with van der Waals surface area (Å²) in [6.45, 7) is 8.23. The number of piperazine rings is 1. The van der Waals surface area contributed by atoms with Gasteiger partial charge in [0.1, 0.15) is 0 Å². The van der Waals surface area contributed by atoms with Crippen molar-refractivity contribution in [1.82, 2.24) is 9.80 Å². The number of ether oxygens (including phenoxy) is 1. The largest absolute Gasteiger partial charge is 0.478 e.